The molecule has 8 heteroatoms. The minimum atomic E-state index is -0.381. The van der Waals surface area contributed by atoms with Gasteiger partial charge in [0.05, 0.1) is 5.54 Å². The SMILES string of the molecule is CCCC1(N)CN(c2nc3c([nH]2)c(=O)n(C)c(=O)n3C)C1. The van der Waals surface area contributed by atoms with Gasteiger partial charge in [0.2, 0.25) is 5.95 Å². The second-order valence-electron chi connectivity index (χ2n) is 5.93. The molecule has 3 rings (SSSR count). The average Bonchev–Trinajstić information content (AvgIpc) is 2.85. The number of imidazole rings is 1. The molecule has 0 amide bonds. The Balaban J connectivity index is 2.01. The lowest BCUT2D eigenvalue weighted by atomic mass is 9.87. The number of anilines is 1. The zero-order chi connectivity index (χ0) is 15.4. The number of nitrogens with one attached hydrogen (secondary N) is 1. The molecule has 3 heterocycles. The summed E-state index contributed by atoms with van der Waals surface area (Å²) in [6.45, 7) is 3.52. The molecule has 0 bridgehead atoms. The summed E-state index contributed by atoms with van der Waals surface area (Å²) in [5.74, 6) is 0.598. The Hall–Kier alpha value is -2.09. The quantitative estimate of drug-likeness (QED) is 0.777. The number of H-pyrrole nitrogens is 1. The number of fused-ring (bicyclic) bond motifs is 1. The predicted molar refractivity (Wildman–Crippen MR) is 80.6 cm³/mol. The van der Waals surface area contributed by atoms with Gasteiger partial charge in [-0.15, -0.1) is 0 Å². The van der Waals surface area contributed by atoms with Gasteiger partial charge in [-0.3, -0.25) is 13.9 Å². The topological polar surface area (TPSA) is 102 Å². The van der Waals surface area contributed by atoms with Crippen molar-refractivity contribution in [1.82, 2.24) is 19.1 Å². The number of rotatable bonds is 3. The Labute approximate surface area is 121 Å². The Kier molecular flexibility index (Phi) is 2.94. The molecule has 3 N–H and O–H groups in total. The molecule has 1 saturated heterocycles. The Morgan fingerprint density at radius 2 is 1.95 bits per heavy atom. The van der Waals surface area contributed by atoms with Crippen molar-refractivity contribution in [1.29, 1.82) is 0 Å². The molecule has 0 aromatic carbocycles. The molecule has 0 saturated carbocycles. The van der Waals surface area contributed by atoms with Crippen LogP contribution in [0.4, 0.5) is 5.95 Å². The van der Waals surface area contributed by atoms with Crippen LogP contribution < -0.4 is 21.9 Å². The maximum atomic E-state index is 12.1. The zero-order valence-electron chi connectivity index (χ0n) is 12.5. The van der Waals surface area contributed by atoms with Crippen molar-refractivity contribution in [3.63, 3.8) is 0 Å². The highest BCUT2D eigenvalue weighted by Crippen LogP contribution is 2.27. The second-order valence-corrected chi connectivity index (χ2v) is 5.93. The van der Waals surface area contributed by atoms with Gasteiger partial charge in [0, 0.05) is 27.2 Å². The number of hydrogen-bond acceptors (Lipinski definition) is 5. The van der Waals surface area contributed by atoms with E-state index in [4.69, 9.17) is 5.73 Å². The fourth-order valence-corrected chi connectivity index (χ4v) is 2.98. The lowest BCUT2D eigenvalue weighted by Gasteiger charge is -2.47. The summed E-state index contributed by atoms with van der Waals surface area (Å²) >= 11 is 0. The molecule has 0 atom stereocenters. The minimum absolute atomic E-state index is 0.176. The van der Waals surface area contributed by atoms with Crippen molar-refractivity contribution in [2.75, 3.05) is 18.0 Å². The van der Waals surface area contributed by atoms with Gasteiger partial charge in [-0.1, -0.05) is 13.3 Å². The first-order valence-corrected chi connectivity index (χ1v) is 7.06. The third kappa shape index (κ3) is 1.98. The molecular formula is C13H20N6O2. The average molecular weight is 292 g/mol. The van der Waals surface area contributed by atoms with Crippen LogP contribution in [0.15, 0.2) is 9.59 Å². The van der Waals surface area contributed by atoms with Crippen LogP contribution in [0.2, 0.25) is 0 Å². The third-order valence-corrected chi connectivity index (χ3v) is 4.14. The van der Waals surface area contributed by atoms with Crippen molar-refractivity contribution in [3.05, 3.63) is 20.8 Å². The molecule has 0 spiro atoms. The predicted octanol–water partition coefficient (Wildman–Crippen LogP) is -0.722. The number of aromatic amines is 1. The molecule has 2 aromatic heterocycles. The minimum Gasteiger partial charge on any atom is -0.339 e. The van der Waals surface area contributed by atoms with E-state index >= 15 is 0 Å². The third-order valence-electron chi connectivity index (χ3n) is 4.14. The Morgan fingerprint density at radius 1 is 1.29 bits per heavy atom. The van der Waals surface area contributed by atoms with E-state index in [-0.39, 0.29) is 16.8 Å². The van der Waals surface area contributed by atoms with E-state index < -0.39 is 0 Å². The number of nitrogens with two attached hydrogens (primary N) is 1. The maximum Gasteiger partial charge on any atom is 0.332 e. The van der Waals surface area contributed by atoms with Crippen LogP contribution in [-0.2, 0) is 14.1 Å². The van der Waals surface area contributed by atoms with Gasteiger partial charge in [-0.05, 0) is 6.42 Å². The van der Waals surface area contributed by atoms with Gasteiger partial charge >= 0.3 is 5.69 Å². The molecular weight excluding hydrogens is 272 g/mol. The molecule has 0 aliphatic carbocycles. The first-order valence-electron chi connectivity index (χ1n) is 7.06. The van der Waals surface area contributed by atoms with Crippen LogP contribution in [0.25, 0.3) is 11.2 Å². The first kappa shape index (κ1) is 13.9. The van der Waals surface area contributed by atoms with Crippen molar-refractivity contribution in [2.45, 2.75) is 25.3 Å². The van der Waals surface area contributed by atoms with Gasteiger partial charge in [-0.25, -0.2) is 4.79 Å². The highest BCUT2D eigenvalue weighted by molar-refractivity contribution is 5.73. The number of aromatic nitrogens is 4. The van der Waals surface area contributed by atoms with Gasteiger partial charge in [0.15, 0.2) is 11.2 Å². The number of aryl methyl sites for hydroxylation is 1. The molecule has 0 radical (unpaired) electrons. The highest BCUT2D eigenvalue weighted by Gasteiger charge is 2.40. The van der Waals surface area contributed by atoms with E-state index in [1.54, 1.807) is 7.05 Å². The van der Waals surface area contributed by atoms with Gasteiger partial charge in [0.25, 0.3) is 5.56 Å². The lowest BCUT2D eigenvalue weighted by molar-refractivity contribution is 0.304. The van der Waals surface area contributed by atoms with Gasteiger partial charge in [-0.2, -0.15) is 4.98 Å². The molecule has 1 aliphatic heterocycles. The monoisotopic (exact) mass is 292 g/mol. The van der Waals surface area contributed by atoms with Crippen molar-refractivity contribution < 1.29 is 0 Å². The Morgan fingerprint density at radius 3 is 2.57 bits per heavy atom. The summed E-state index contributed by atoms with van der Waals surface area (Å²) in [4.78, 5) is 33.4. The summed E-state index contributed by atoms with van der Waals surface area (Å²) in [7, 11) is 3.07. The summed E-state index contributed by atoms with van der Waals surface area (Å²) in [5, 5.41) is 0. The maximum absolute atomic E-state index is 12.1. The molecule has 8 nitrogen and oxygen atoms in total. The van der Waals surface area contributed by atoms with Gasteiger partial charge in [0.1, 0.15) is 0 Å². The van der Waals surface area contributed by atoms with Crippen molar-refractivity contribution in [3.8, 4) is 0 Å². The largest absolute Gasteiger partial charge is 0.339 e. The zero-order valence-corrected chi connectivity index (χ0v) is 12.5. The van der Waals surface area contributed by atoms with Crippen LogP contribution in [0.5, 0.6) is 0 Å². The number of hydrogen-bond donors (Lipinski definition) is 2. The molecule has 0 unspecified atom stereocenters. The van der Waals surface area contributed by atoms with Crippen LogP contribution in [0, 0.1) is 0 Å². The van der Waals surface area contributed by atoms with E-state index in [0.717, 1.165) is 17.4 Å². The van der Waals surface area contributed by atoms with Crippen molar-refractivity contribution in [2.24, 2.45) is 19.8 Å². The van der Waals surface area contributed by atoms with Crippen LogP contribution in [0.3, 0.4) is 0 Å². The molecule has 114 valence electrons. The smallest absolute Gasteiger partial charge is 0.332 e. The van der Waals surface area contributed by atoms with E-state index in [1.807, 2.05) is 4.90 Å². The lowest BCUT2D eigenvalue weighted by Crippen LogP contribution is -2.67. The molecule has 2 aromatic rings. The second kappa shape index (κ2) is 4.45. The van der Waals surface area contributed by atoms with Crippen LogP contribution >= 0.6 is 0 Å². The summed E-state index contributed by atoms with van der Waals surface area (Å²) in [5.41, 5.74) is 6.05. The standard InChI is InChI=1S/C13H20N6O2/c1-4-5-13(14)6-19(7-13)11-15-8-9(16-11)17(2)12(21)18(3)10(8)20/h4-7,14H2,1-3H3,(H,15,16). The summed E-state index contributed by atoms with van der Waals surface area (Å²) in [6.07, 6.45) is 2.00. The van der Waals surface area contributed by atoms with Crippen LogP contribution in [-0.4, -0.2) is 37.7 Å². The fraction of sp³-hybridized carbons (Fsp3) is 0.615. The molecule has 21 heavy (non-hydrogen) atoms. The number of nitrogens with zero attached hydrogens (tertiary/aromatic N) is 4. The first-order chi connectivity index (χ1) is 9.86. The summed E-state index contributed by atoms with van der Waals surface area (Å²) in [6, 6.07) is 0. The van der Waals surface area contributed by atoms with E-state index in [9.17, 15) is 9.59 Å². The highest BCUT2D eigenvalue weighted by atomic mass is 16.2. The van der Waals surface area contributed by atoms with E-state index in [0.29, 0.717) is 30.2 Å². The summed E-state index contributed by atoms with van der Waals surface area (Å²) < 4.78 is 2.45. The van der Waals surface area contributed by atoms with Crippen LogP contribution in [0.1, 0.15) is 19.8 Å². The normalized spacial score (nSPS) is 17.2. The Bertz CT molecular complexity index is 808. The van der Waals surface area contributed by atoms with Crippen molar-refractivity contribution >= 4 is 17.1 Å². The molecule has 1 aliphatic rings. The fourth-order valence-electron chi connectivity index (χ4n) is 2.98. The van der Waals surface area contributed by atoms with E-state index in [1.165, 1.54) is 11.6 Å². The van der Waals surface area contributed by atoms with Gasteiger partial charge < -0.3 is 15.6 Å². The van der Waals surface area contributed by atoms with E-state index in [2.05, 4.69) is 16.9 Å². The molecule has 1 fully saturated rings.